The Kier molecular flexibility index (Phi) is 8.96. The lowest BCUT2D eigenvalue weighted by Crippen LogP contribution is -2.40. The number of benzene rings is 1. The predicted molar refractivity (Wildman–Crippen MR) is 98.7 cm³/mol. The Morgan fingerprint density at radius 3 is 2.72 bits per heavy atom. The van der Waals surface area contributed by atoms with Gasteiger partial charge in [-0.15, -0.1) is 12.4 Å². The van der Waals surface area contributed by atoms with Crippen molar-refractivity contribution < 1.29 is 14.5 Å². The van der Waals surface area contributed by atoms with E-state index in [0.717, 1.165) is 32.5 Å². The van der Waals surface area contributed by atoms with Crippen LogP contribution in [0.2, 0.25) is 5.02 Å². The first kappa shape index (κ1) is 21.5. The third-order valence-corrected chi connectivity index (χ3v) is 4.39. The van der Waals surface area contributed by atoms with Crippen molar-refractivity contribution in [2.24, 2.45) is 5.92 Å². The van der Waals surface area contributed by atoms with Crippen LogP contribution in [-0.4, -0.2) is 49.0 Å². The third kappa shape index (κ3) is 6.34. The molecule has 1 saturated heterocycles. The number of likely N-dealkylation sites (tertiary alicyclic amines) is 1. The van der Waals surface area contributed by atoms with Crippen LogP contribution in [0.4, 0.5) is 5.69 Å². The maximum atomic E-state index is 12.2. The van der Waals surface area contributed by atoms with Gasteiger partial charge in [-0.2, -0.15) is 0 Å². The summed E-state index contributed by atoms with van der Waals surface area (Å²) in [6.45, 7) is 2.60. The number of nitrogens with zero attached hydrogens (tertiary/aromatic N) is 2. The van der Waals surface area contributed by atoms with E-state index in [1.165, 1.54) is 18.2 Å². The van der Waals surface area contributed by atoms with E-state index >= 15 is 0 Å². The number of carbonyl (C=O) groups is 1. The first-order valence-corrected chi connectivity index (χ1v) is 8.38. The molecule has 25 heavy (non-hydrogen) atoms. The second kappa shape index (κ2) is 10.4. The van der Waals surface area contributed by atoms with Gasteiger partial charge in [-0.1, -0.05) is 11.6 Å². The van der Waals surface area contributed by atoms with Crippen molar-refractivity contribution in [2.45, 2.75) is 19.3 Å². The molecule has 1 aromatic carbocycles. The molecular weight excluding hydrogens is 369 g/mol. The molecule has 140 valence electrons. The van der Waals surface area contributed by atoms with Crippen LogP contribution in [-0.2, 0) is 4.79 Å². The molecule has 2 rings (SSSR count). The molecule has 0 bridgehead atoms. The van der Waals surface area contributed by atoms with E-state index < -0.39 is 4.92 Å². The minimum atomic E-state index is -0.546. The van der Waals surface area contributed by atoms with Crippen molar-refractivity contribution in [3.63, 3.8) is 0 Å². The SMILES string of the molecule is CNCC1CCN(C(=O)CCOc2ccc(Cl)cc2[N+](=O)[O-])CC1.Cl. The topological polar surface area (TPSA) is 84.7 Å². The Bertz CT molecular complexity index is 593. The molecule has 1 aromatic rings. The number of nitro groups is 1. The molecule has 0 radical (unpaired) electrons. The number of ether oxygens (including phenoxy) is 1. The van der Waals surface area contributed by atoms with Crippen LogP contribution < -0.4 is 10.1 Å². The van der Waals surface area contributed by atoms with Crippen molar-refractivity contribution in [1.29, 1.82) is 0 Å². The average Bonchev–Trinajstić information content (AvgIpc) is 2.57. The Balaban J connectivity index is 0.00000312. The van der Waals surface area contributed by atoms with Crippen LogP contribution in [0.3, 0.4) is 0 Å². The summed E-state index contributed by atoms with van der Waals surface area (Å²) in [5.74, 6) is 0.770. The van der Waals surface area contributed by atoms with Crippen LogP contribution in [0.25, 0.3) is 0 Å². The summed E-state index contributed by atoms with van der Waals surface area (Å²) in [7, 11) is 1.94. The van der Waals surface area contributed by atoms with Crippen molar-refractivity contribution in [2.75, 3.05) is 33.3 Å². The summed E-state index contributed by atoms with van der Waals surface area (Å²) in [5, 5.41) is 14.4. The smallest absolute Gasteiger partial charge is 0.312 e. The van der Waals surface area contributed by atoms with Gasteiger partial charge in [0.25, 0.3) is 0 Å². The molecule has 1 N–H and O–H groups in total. The maximum absolute atomic E-state index is 12.2. The van der Waals surface area contributed by atoms with Crippen LogP contribution in [0, 0.1) is 16.0 Å². The Morgan fingerprint density at radius 1 is 1.44 bits per heavy atom. The Morgan fingerprint density at radius 2 is 2.12 bits per heavy atom. The summed E-state index contributed by atoms with van der Waals surface area (Å²) in [6.07, 6.45) is 2.20. The summed E-state index contributed by atoms with van der Waals surface area (Å²) in [6, 6.07) is 4.22. The molecule has 1 fully saturated rings. The fourth-order valence-corrected chi connectivity index (χ4v) is 3.00. The second-order valence-electron chi connectivity index (χ2n) is 5.85. The highest BCUT2D eigenvalue weighted by Gasteiger charge is 2.22. The first-order valence-electron chi connectivity index (χ1n) is 8.00. The van der Waals surface area contributed by atoms with Crippen LogP contribution in [0.15, 0.2) is 18.2 Å². The molecule has 0 aliphatic carbocycles. The number of nitrogens with one attached hydrogen (secondary N) is 1. The fraction of sp³-hybridized carbons (Fsp3) is 0.562. The van der Waals surface area contributed by atoms with E-state index in [1.807, 2.05) is 11.9 Å². The largest absolute Gasteiger partial charge is 0.486 e. The fourth-order valence-electron chi connectivity index (χ4n) is 2.84. The average molecular weight is 392 g/mol. The highest BCUT2D eigenvalue weighted by Crippen LogP contribution is 2.30. The number of hydrogen-bond donors (Lipinski definition) is 1. The number of hydrogen-bond acceptors (Lipinski definition) is 5. The molecule has 0 atom stereocenters. The Hall–Kier alpha value is -1.57. The van der Waals surface area contributed by atoms with Gasteiger partial charge in [0.2, 0.25) is 5.91 Å². The first-order chi connectivity index (χ1) is 11.5. The summed E-state index contributed by atoms with van der Waals surface area (Å²) >= 11 is 5.76. The van der Waals surface area contributed by atoms with Crippen molar-refractivity contribution in [1.82, 2.24) is 10.2 Å². The minimum Gasteiger partial charge on any atom is -0.486 e. The summed E-state index contributed by atoms with van der Waals surface area (Å²) in [4.78, 5) is 24.5. The van der Waals surface area contributed by atoms with E-state index in [2.05, 4.69) is 5.32 Å². The second-order valence-corrected chi connectivity index (χ2v) is 6.29. The molecule has 9 heteroatoms. The number of nitro benzene ring substituents is 1. The van der Waals surface area contributed by atoms with E-state index in [1.54, 1.807) is 0 Å². The molecule has 0 aromatic heterocycles. The lowest BCUT2D eigenvalue weighted by atomic mass is 9.97. The zero-order valence-electron chi connectivity index (χ0n) is 14.1. The number of amides is 1. The normalized spacial score (nSPS) is 14.7. The standard InChI is InChI=1S/C16H22ClN3O4.ClH/c1-18-11-12-4-7-19(8-5-12)16(21)6-9-24-15-3-2-13(17)10-14(15)20(22)23;/h2-3,10,12,18H,4-9,11H2,1H3;1H. The van der Waals surface area contributed by atoms with Crippen LogP contribution in [0.5, 0.6) is 5.75 Å². The van der Waals surface area contributed by atoms with Gasteiger partial charge in [-0.25, -0.2) is 0 Å². The third-order valence-electron chi connectivity index (χ3n) is 4.15. The number of rotatable bonds is 7. The van der Waals surface area contributed by atoms with E-state index in [-0.39, 0.29) is 47.8 Å². The molecule has 1 amide bonds. The van der Waals surface area contributed by atoms with Gasteiger partial charge in [-0.3, -0.25) is 14.9 Å². The molecule has 0 unspecified atom stereocenters. The van der Waals surface area contributed by atoms with Gasteiger partial charge in [-0.05, 0) is 44.5 Å². The lowest BCUT2D eigenvalue weighted by molar-refractivity contribution is -0.385. The molecule has 1 heterocycles. The summed E-state index contributed by atoms with van der Waals surface area (Å²) in [5.41, 5.74) is -0.192. The highest BCUT2D eigenvalue weighted by atomic mass is 35.5. The van der Waals surface area contributed by atoms with E-state index in [9.17, 15) is 14.9 Å². The van der Waals surface area contributed by atoms with Crippen LogP contribution in [0.1, 0.15) is 19.3 Å². The van der Waals surface area contributed by atoms with Gasteiger partial charge < -0.3 is 15.0 Å². The quantitative estimate of drug-likeness (QED) is 0.570. The lowest BCUT2D eigenvalue weighted by Gasteiger charge is -2.32. The van der Waals surface area contributed by atoms with Gasteiger partial charge in [0.15, 0.2) is 5.75 Å². The Labute approximate surface area is 158 Å². The predicted octanol–water partition coefficient (Wildman–Crippen LogP) is 2.90. The number of halogens is 2. The van der Waals surface area contributed by atoms with Gasteiger partial charge in [0.1, 0.15) is 0 Å². The van der Waals surface area contributed by atoms with Crippen LogP contribution >= 0.6 is 24.0 Å². The zero-order chi connectivity index (χ0) is 17.5. The van der Waals surface area contributed by atoms with E-state index in [4.69, 9.17) is 16.3 Å². The maximum Gasteiger partial charge on any atom is 0.312 e. The van der Waals surface area contributed by atoms with Crippen molar-refractivity contribution >= 4 is 35.6 Å². The molecule has 1 aliphatic rings. The molecular formula is C16H23Cl2N3O4. The molecule has 1 aliphatic heterocycles. The molecule has 0 saturated carbocycles. The minimum absolute atomic E-state index is 0. The number of piperidine rings is 1. The highest BCUT2D eigenvalue weighted by molar-refractivity contribution is 6.30. The monoisotopic (exact) mass is 391 g/mol. The van der Waals surface area contributed by atoms with Crippen molar-refractivity contribution in [3.8, 4) is 5.75 Å². The van der Waals surface area contributed by atoms with Gasteiger partial charge in [0, 0.05) is 24.2 Å². The molecule has 0 spiro atoms. The summed E-state index contributed by atoms with van der Waals surface area (Å²) < 4.78 is 5.42. The molecule has 7 nitrogen and oxygen atoms in total. The number of carbonyl (C=O) groups excluding carboxylic acids is 1. The van der Waals surface area contributed by atoms with Crippen molar-refractivity contribution in [3.05, 3.63) is 33.3 Å². The zero-order valence-corrected chi connectivity index (χ0v) is 15.6. The van der Waals surface area contributed by atoms with Gasteiger partial charge in [0.05, 0.1) is 18.0 Å². The van der Waals surface area contributed by atoms with E-state index in [0.29, 0.717) is 5.92 Å². The van der Waals surface area contributed by atoms with Gasteiger partial charge >= 0.3 is 5.69 Å².